The highest BCUT2D eigenvalue weighted by molar-refractivity contribution is 5.94. The van der Waals surface area contributed by atoms with Gasteiger partial charge in [-0.3, -0.25) is 9.59 Å². The lowest BCUT2D eigenvalue weighted by Gasteiger charge is -2.28. The van der Waals surface area contributed by atoms with E-state index in [9.17, 15) is 9.59 Å². The van der Waals surface area contributed by atoms with Crippen molar-refractivity contribution in [3.05, 3.63) is 59.7 Å². The van der Waals surface area contributed by atoms with E-state index >= 15 is 0 Å². The van der Waals surface area contributed by atoms with E-state index in [0.717, 1.165) is 5.56 Å². The van der Waals surface area contributed by atoms with Crippen LogP contribution in [0, 0.1) is 0 Å². The molecule has 136 valence electrons. The lowest BCUT2D eigenvalue weighted by molar-refractivity contribution is -0.130. The summed E-state index contributed by atoms with van der Waals surface area (Å²) < 4.78 is 10.5. The van der Waals surface area contributed by atoms with E-state index in [1.165, 1.54) is 0 Å². The number of rotatable bonds is 6. The van der Waals surface area contributed by atoms with Gasteiger partial charge in [-0.25, -0.2) is 0 Å². The van der Waals surface area contributed by atoms with Crippen molar-refractivity contribution in [2.45, 2.75) is 19.9 Å². The Morgan fingerprint density at radius 2 is 1.85 bits per heavy atom. The number of carbonyl (C=O) groups is 2. The molecule has 3 rings (SSSR count). The van der Waals surface area contributed by atoms with Gasteiger partial charge in [-0.05, 0) is 30.7 Å². The first-order chi connectivity index (χ1) is 12.6. The molecule has 2 amide bonds. The van der Waals surface area contributed by atoms with Crippen molar-refractivity contribution in [3.8, 4) is 11.5 Å². The zero-order chi connectivity index (χ0) is 18.5. The Labute approximate surface area is 152 Å². The van der Waals surface area contributed by atoms with Crippen LogP contribution in [0.1, 0.15) is 35.8 Å². The monoisotopic (exact) mass is 354 g/mol. The number of nitrogens with zero attached hydrogens (tertiary/aromatic N) is 1. The molecule has 1 N–H and O–H groups in total. The van der Waals surface area contributed by atoms with Crippen LogP contribution in [0.3, 0.4) is 0 Å². The molecule has 0 bridgehead atoms. The summed E-state index contributed by atoms with van der Waals surface area (Å²) in [6, 6.07) is 14.8. The number of nitrogens with one attached hydrogen (secondary N) is 1. The number of hydrogen-bond acceptors (Lipinski definition) is 4. The maximum atomic E-state index is 12.3. The molecule has 0 saturated heterocycles. The summed E-state index contributed by atoms with van der Waals surface area (Å²) in [6.45, 7) is 4.49. The van der Waals surface area contributed by atoms with Gasteiger partial charge in [-0.1, -0.05) is 30.3 Å². The molecule has 1 aliphatic heterocycles. The van der Waals surface area contributed by atoms with Crippen LogP contribution >= 0.6 is 0 Å². The molecule has 26 heavy (non-hydrogen) atoms. The summed E-state index contributed by atoms with van der Waals surface area (Å²) in [4.78, 5) is 26.1. The summed E-state index contributed by atoms with van der Waals surface area (Å²) >= 11 is 0. The lowest BCUT2D eigenvalue weighted by Crippen LogP contribution is -2.39. The fraction of sp³-hybridized carbons (Fsp3) is 0.300. The Morgan fingerprint density at radius 3 is 2.58 bits per heavy atom. The van der Waals surface area contributed by atoms with Crippen LogP contribution in [0.15, 0.2) is 48.5 Å². The molecule has 2 aromatic rings. The molecule has 1 unspecified atom stereocenters. The highest BCUT2D eigenvalue weighted by Crippen LogP contribution is 2.32. The average Bonchev–Trinajstić information content (AvgIpc) is 3.12. The minimum Gasteiger partial charge on any atom is -0.454 e. The number of fused-ring (bicyclic) bond motifs is 1. The molecule has 1 atom stereocenters. The molecular weight excluding hydrogens is 332 g/mol. The van der Waals surface area contributed by atoms with Crippen LogP contribution in [0.2, 0.25) is 0 Å². The van der Waals surface area contributed by atoms with Crippen LogP contribution in [0.5, 0.6) is 11.5 Å². The molecule has 1 aliphatic rings. The maximum Gasteiger partial charge on any atom is 0.251 e. The summed E-state index contributed by atoms with van der Waals surface area (Å²) in [7, 11) is 0. The van der Waals surface area contributed by atoms with Crippen molar-refractivity contribution < 1.29 is 19.1 Å². The number of hydrogen-bond donors (Lipinski definition) is 1. The Kier molecular flexibility index (Phi) is 5.41. The Morgan fingerprint density at radius 1 is 1.12 bits per heavy atom. The van der Waals surface area contributed by atoms with Crippen molar-refractivity contribution in [3.63, 3.8) is 0 Å². The van der Waals surface area contributed by atoms with Crippen LogP contribution in [0.4, 0.5) is 0 Å². The predicted molar refractivity (Wildman–Crippen MR) is 97.1 cm³/mol. The number of carbonyl (C=O) groups excluding carboxylic acids is 2. The molecular formula is C20H22N2O4. The van der Waals surface area contributed by atoms with Gasteiger partial charge in [0.15, 0.2) is 11.5 Å². The van der Waals surface area contributed by atoms with E-state index in [1.54, 1.807) is 30.0 Å². The van der Waals surface area contributed by atoms with E-state index in [2.05, 4.69) is 5.32 Å². The zero-order valence-electron chi connectivity index (χ0n) is 14.9. The number of benzene rings is 2. The fourth-order valence-corrected chi connectivity index (χ4v) is 2.97. The third-order valence-corrected chi connectivity index (χ3v) is 4.43. The predicted octanol–water partition coefficient (Wildman–Crippen LogP) is 2.75. The SMILES string of the molecule is CC(=O)N(CCNC(=O)c1ccc2c(c1)OCO2)C(C)c1ccccc1. The highest BCUT2D eigenvalue weighted by atomic mass is 16.7. The minimum atomic E-state index is -0.209. The largest absolute Gasteiger partial charge is 0.454 e. The topological polar surface area (TPSA) is 67.9 Å². The number of amides is 2. The number of ether oxygens (including phenoxy) is 2. The molecule has 0 spiro atoms. The second-order valence-corrected chi connectivity index (χ2v) is 6.12. The van der Waals surface area contributed by atoms with Gasteiger partial charge in [0.25, 0.3) is 5.91 Å². The van der Waals surface area contributed by atoms with Gasteiger partial charge in [-0.15, -0.1) is 0 Å². The van der Waals surface area contributed by atoms with Crippen LogP contribution in [0.25, 0.3) is 0 Å². The fourth-order valence-electron chi connectivity index (χ4n) is 2.97. The first kappa shape index (κ1) is 17.8. The maximum absolute atomic E-state index is 12.3. The van der Waals surface area contributed by atoms with Crippen molar-refractivity contribution in [2.24, 2.45) is 0 Å². The van der Waals surface area contributed by atoms with Gasteiger partial charge in [0.05, 0.1) is 6.04 Å². The quantitative estimate of drug-likeness (QED) is 0.866. The van der Waals surface area contributed by atoms with Gasteiger partial charge < -0.3 is 19.7 Å². The Balaban J connectivity index is 1.58. The second-order valence-electron chi connectivity index (χ2n) is 6.12. The van der Waals surface area contributed by atoms with Crippen molar-refractivity contribution >= 4 is 11.8 Å². The standard InChI is InChI=1S/C20H22N2O4/c1-14(16-6-4-3-5-7-16)22(15(2)23)11-10-21-20(24)17-8-9-18-19(12-17)26-13-25-18/h3-9,12,14H,10-11,13H2,1-2H3,(H,21,24). The molecule has 0 aromatic heterocycles. The van der Waals surface area contributed by atoms with E-state index in [1.807, 2.05) is 37.3 Å². The molecule has 0 saturated carbocycles. The zero-order valence-corrected chi connectivity index (χ0v) is 14.9. The Bertz CT molecular complexity index is 792. The first-order valence-corrected chi connectivity index (χ1v) is 8.56. The molecule has 0 radical (unpaired) electrons. The van der Waals surface area contributed by atoms with E-state index in [0.29, 0.717) is 30.2 Å². The Hall–Kier alpha value is -3.02. The van der Waals surface area contributed by atoms with E-state index in [-0.39, 0.29) is 24.6 Å². The smallest absolute Gasteiger partial charge is 0.251 e. The van der Waals surface area contributed by atoms with Crippen LogP contribution in [-0.2, 0) is 4.79 Å². The van der Waals surface area contributed by atoms with Crippen LogP contribution in [-0.4, -0.2) is 36.6 Å². The van der Waals surface area contributed by atoms with Crippen molar-refractivity contribution in [1.82, 2.24) is 10.2 Å². The summed E-state index contributed by atoms with van der Waals surface area (Å²) in [5.41, 5.74) is 1.56. The summed E-state index contributed by atoms with van der Waals surface area (Å²) in [5.74, 6) is 0.972. The average molecular weight is 354 g/mol. The molecule has 1 heterocycles. The summed E-state index contributed by atoms with van der Waals surface area (Å²) in [6.07, 6.45) is 0. The molecule has 6 heteroatoms. The van der Waals surface area contributed by atoms with E-state index in [4.69, 9.17) is 9.47 Å². The van der Waals surface area contributed by atoms with Crippen LogP contribution < -0.4 is 14.8 Å². The second kappa shape index (κ2) is 7.91. The molecule has 0 fully saturated rings. The first-order valence-electron chi connectivity index (χ1n) is 8.56. The van der Waals surface area contributed by atoms with Gasteiger partial charge in [0, 0.05) is 25.6 Å². The molecule has 2 aromatic carbocycles. The molecule has 6 nitrogen and oxygen atoms in total. The third-order valence-electron chi connectivity index (χ3n) is 4.43. The third kappa shape index (κ3) is 3.96. The van der Waals surface area contributed by atoms with Crippen molar-refractivity contribution in [2.75, 3.05) is 19.9 Å². The summed E-state index contributed by atoms with van der Waals surface area (Å²) in [5, 5.41) is 2.85. The highest BCUT2D eigenvalue weighted by Gasteiger charge is 2.19. The van der Waals surface area contributed by atoms with Gasteiger partial charge in [-0.2, -0.15) is 0 Å². The lowest BCUT2D eigenvalue weighted by atomic mass is 10.1. The molecule has 0 aliphatic carbocycles. The van der Waals surface area contributed by atoms with Gasteiger partial charge in [0.2, 0.25) is 12.7 Å². The normalized spacial score (nSPS) is 13.2. The van der Waals surface area contributed by atoms with Gasteiger partial charge in [0.1, 0.15) is 0 Å². The minimum absolute atomic E-state index is 0.0290. The van der Waals surface area contributed by atoms with Gasteiger partial charge >= 0.3 is 0 Å². The van der Waals surface area contributed by atoms with E-state index < -0.39 is 0 Å². The van der Waals surface area contributed by atoms with Crippen molar-refractivity contribution in [1.29, 1.82) is 0 Å².